The zero-order chi connectivity index (χ0) is 11.7. The van der Waals surface area contributed by atoms with Crippen LogP contribution in [0.4, 0.5) is 0 Å². The first-order valence-electron chi connectivity index (χ1n) is 5.52. The molecule has 0 fully saturated rings. The molecule has 4 heteroatoms. The van der Waals surface area contributed by atoms with Crippen molar-refractivity contribution in [2.75, 3.05) is 33.9 Å². The topological polar surface area (TPSA) is 55.6 Å². The monoisotopic (exact) mass is 216 g/mol. The first kappa shape index (κ1) is 14.4. The normalized spacial score (nSPS) is 13.1. The molecule has 0 spiro atoms. The molecule has 2 N–H and O–H groups in total. The van der Waals surface area contributed by atoms with Gasteiger partial charge in [0, 0.05) is 20.1 Å². The fourth-order valence-corrected chi connectivity index (χ4v) is 1.33. The summed E-state index contributed by atoms with van der Waals surface area (Å²) in [6.07, 6.45) is 2.50. The maximum Gasteiger partial charge on any atom is 0.217 e. The predicted octanol–water partition coefficient (Wildman–Crippen LogP) is 0.856. The van der Waals surface area contributed by atoms with Gasteiger partial charge in [0.2, 0.25) is 5.91 Å². The maximum absolute atomic E-state index is 10.6. The highest BCUT2D eigenvalue weighted by atomic mass is 16.5. The number of nitrogens with zero attached hydrogens (tertiary/aromatic N) is 1. The molecule has 0 unspecified atom stereocenters. The van der Waals surface area contributed by atoms with Crippen LogP contribution >= 0.6 is 0 Å². The van der Waals surface area contributed by atoms with E-state index in [9.17, 15) is 4.79 Å². The molecule has 0 saturated carbocycles. The van der Waals surface area contributed by atoms with E-state index in [4.69, 9.17) is 10.5 Å². The zero-order valence-electron chi connectivity index (χ0n) is 10.2. The molecular formula is C11H24N2O2. The van der Waals surface area contributed by atoms with Gasteiger partial charge in [-0.25, -0.2) is 0 Å². The van der Waals surface area contributed by atoms with Gasteiger partial charge in [-0.2, -0.15) is 0 Å². The highest BCUT2D eigenvalue weighted by molar-refractivity contribution is 5.73. The Labute approximate surface area is 92.8 Å². The van der Waals surface area contributed by atoms with Crippen molar-refractivity contribution in [1.82, 2.24) is 4.90 Å². The summed E-state index contributed by atoms with van der Waals surface area (Å²) in [5, 5.41) is 0. The Kier molecular flexibility index (Phi) is 8.33. The van der Waals surface area contributed by atoms with Gasteiger partial charge in [0.15, 0.2) is 0 Å². The molecule has 0 aliphatic rings. The van der Waals surface area contributed by atoms with Crippen molar-refractivity contribution in [3.05, 3.63) is 0 Å². The number of hydrogen-bond acceptors (Lipinski definition) is 3. The van der Waals surface area contributed by atoms with Crippen LogP contribution in [0, 0.1) is 5.92 Å². The van der Waals surface area contributed by atoms with Crippen LogP contribution in [0.5, 0.6) is 0 Å². The molecule has 15 heavy (non-hydrogen) atoms. The molecule has 1 atom stereocenters. The standard InChI is InChI=1S/C11H24N2O2/c1-10(4-5-11(12)14)6-7-13(2)8-9-15-3/h10H,4-9H2,1-3H3,(H2,12,14)/t10-/m0/s1. The number of primary amides is 1. The third-order valence-electron chi connectivity index (χ3n) is 2.56. The predicted molar refractivity (Wildman–Crippen MR) is 61.6 cm³/mol. The van der Waals surface area contributed by atoms with Crippen LogP contribution in [-0.4, -0.2) is 44.7 Å². The fourth-order valence-electron chi connectivity index (χ4n) is 1.33. The van der Waals surface area contributed by atoms with Gasteiger partial charge in [-0.15, -0.1) is 0 Å². The molecule has 0 aromatic rings. The molecule has 0 radical (unpaired) electrons. The molecule has 0 saturated heterocycles. The van der Waals surface area contributed by atoms with Gasteiger partial charge in [0.1, 0.15) is 0 Å². The van der Waals surface area contributed by atoms with E-state index in [2.05, 4.69) is 18.9 Å². The number of ether oxygens (including phenoxy) is 1. The van der Waals surface area contributed by atoms with Crippen LogP contribution in [0.2, 0.25) is 0 Å². The molecule has 0 aliphatic heterocycles. The van der Waals surface area contributed by atoms with Crippen molar-refractivity contribution in [2.45, 2.75) is 26.2 Å². The van der Waals surface area contributed by atoms with Crippen molar-refractivity contribution >= 4 is 5.91 Å². The lowest BCUT2D eigenvalue weighted by Gasteiger charge is -2.18. The number of carbonyl (C=O) groups is 1. The van der Waals surface area contributed by atoms with E-state index >= 15 is 0 Å². The van der Waals surface area contributed by atoms with Crippen LogP contribution in [0.1, 0.15) is 26.2 Å². The Morgan fingerprint density at radius 2 is 2.07 bits per heavy atom. The lowest BCUT2D eigenvalue weighted by atomic mass is 10.0. The summed E-state index contributed by atoms with van der Waals surface area (Å²) >= 11 is 0. The first-order valence-corrected chi connectivity index (χ1v) is 5.52. The van der Waals surface area contributed by atoms with Gasteiger partial charge in [0.05, 0.1) is 6.61 Å². The minimum absolute atomic E-state index is 0.199. The SMILES string of the molecule is COCCN(C)CC[C@@H](C)CCC(N)=O. The van der Waals surface area contributed by atoms with Crippen LogP contribution < -0.4 is 5.73 Å². The van der Waals surface area contributed by atoms with Gasteiger partial charge < -0.3 is 15.4 Å². The number of likely N-dealkylation sites (N-methyl/N-ethyl adjacent to an activating group) is 1. The molecular weight excluding hydrogens is 192 g/mol. The number of methoxy groups -OCH3 is 1. The second kappa shape index (κ2) is 8.68. The summed E-state index contributed by atoms with van der Waals surface area (Å²) in [5.41, 5.74) is 5.10. The summed E-state index contributed by atoms with van der Waals surface area (Å²) in [5.74, 6) is 0.358. The number of rotatable bonds is 9. The van der Waals surface area contributed by atoms with E-state index in [1.54, 1.807) is 7.11 Å². The minimum atomic E-state index is -0.199. The third kappa shape index (κ3) is 9.69. The summed E-state index contributed by atoms with van der Waals surface area (Å²) in [7, 11) is 3.79. The van der Waals surface area contributed by atoms with Crippen molar-refractivity contribution in [3.63, 3.8) is 0 Å². The Hall–Kier alpha value is -0.610. The van der Waals surface area contributed by atoms with Crippen LogP contribution in [0.3, 0.4) is 0 Å². The second-order valence-electron chi connectivity index (χ2n) is 4.19. The van der Waals surface area contributed by atoms with Gasteiger partial charge in [0.25, 0.3) is 0 Å². The van der Waals surface area contributed by atoms with Crippen LogP contribution in [-0.2, 0) is 9.53 Å². The number of carbonyl (C=O) groups excluding carboxylic acids is 1. The Morgan fingerprint density at radius 3 is 2.60 bits per heavy atom. The van der Waals surface area contributed by atoms with Gasteiger partial charge in [-0.05, 0) is 32.4 Å². The zero-order valence-corrected chi connectivity index (χ0v) is 10.2. The average Bonchev–Trinajstić information content (AvgIpc) is 2.20. The fraction of sp³-hybridized carbons (Fsp3) is 0.909. The van der Waals surface area contributed by atoms with E-state index in [0.29, 0.717) is 12.3 Å². The third-order valence-corrected chi connectivity index (χ3v) is 2.56. The van der Waals surface area contributed by atoms with Crippen molar-refractivity contribution in [2.24, 2.45) is 11.7 Å². The van der Waals surface area contributed by atoms with E-state index in [1.807, 2.05) is 0 Å². The number of nitrogens with two attached hydrogens (primary N) is 1. The molecule has 0 bridgehead atoms. The van der Waals surface area contributed by atoms with E-state index < -0.39 is 0 Å². The van der Waals surface area contributed by atoms with E-state index in [0.717, 1.165) is 32.5 Å². The van der Waals surface area contributed by atoms with Crippen molar-refractivity contribution in [3.8, 4) is 0 Å². The maximum atomic E-state index is 10.6. The Balaban J connectivity index is 3.43. The van der Waals surface area contributed by atoms with Crippen LogP contribution in [0.25, 0.3) is 0 Å². The lowest BCUT2D eigenvalue weighted by Crippen LogP contribution is -2.25. The molecule has 0 rings (SSSR count). The number of amides is 1. The molecule has 0 aliphatic carbocycles. The lowest BCUT2D eigenvalue weighted by molar-refractivity contribution is -0.118. The van der Waals surface area contributed by atoms with E-state index in [1.165, 1.54) is 0 Å². The molecule has 0 heterocycles. The molecule has 4 nitrogen and oxygen atoms in total. The Morgan fingerprint density at radius 1 is 1.40 bits per heavy atom. The average molecular weight is 216 g/mol. The first-order chi connectivity index (χ1) is 7.06. The largest absolute Gasteiger partial charge is 0.383 e. The van der Waals surface area contributed by atoms with Gasteiger partial charge in [-0.1, -0.05) is 6.92 Å². The highest BCUT2D eigenvalue weighted by Crippen LogP contribution is 2.10. The second-order valence-corrected chi connectivity index (χ2v) is 4.19. The quantitative estimate of drug-likeness (QED) is 0.622. The van der Waals surface area contributed by atoms with E-state index in [-0.39, 0.29) is 5.91 Å². The summed E-state index contributed by atoms with van der Waals surface area (Å²) in [6, 6.07) is 0. The van der Waals surface area contributed by atoms with Gasteiger partial charge >= 0.3 is 0 Å². The minimum Gasteiger partial charge on any atom is -0.383 e. The molecule has 1 amide bonds. The summed E-state index contributed by atoms with van der Waals surface area (Å²) in [4.78, 5) is 12.8. The molecule has 90 valence electrons. The van der Waals surface area contributed by atoms with Crippen LogP contribution in [0.15, 0.2) is 0 Å². The molecule has 0 aromatic carbocycles. The summed E-state index contributed by atoms with van der Waals surface area (Å²) in [6.45, 7) is 4.93. The Bertz CT molecular complexity index is 174. The van der Waals surface area contributed by atoms with Gasteiger partial charge in [-0.3, -0.25) is 4.79 Å². The number of hydrogen-bond donors (Lipinski definition) is 1. The highest BCUT2D eigenvalue weighted by Gasteiger charge is 2.06. The molecule has 0 aromatic heterocycles. The van der Waals surface area contributed by atoms with Crippen molar-refractivity contribution < 1.29 is 9.53 Å². The summed E-state index contributed by atoms with van der Waals surface area (Å²) < 4.78 is 5.00. The van der Waals surface area contributed by atoms with Crippen molar-refractivity contribution in [1.29, 1.82) is 0 Å². The smallest absolute Gasteiger partial charge is 0.217 e.